The first-order chi connectivity index (χ1) is 15.9. The van der Waals surface area contributed by atoms with Gasteiger partial charge in [0.05, 0.1) is 35.0 Å². The summed E-state index contributed by atoms with van der Waals surface area (Å²) in [5.74, 6) is -0.827. The van der Waals surface area contributed by atoms with Crippen molar-refractivity contribution in [2.24, 2.45) is 0 Å². The third-order valence-electron chi connectivity index (χ3n) is 4.83. The van der Waals surface area contributed by atoms with Gasteiger partial charge in [-0.15, -0.1) is 0 Å². The Morgan fingerprint density at radius 1 is 0.794 bits per heavy atom. The smallest absolute Gasteiger partial charge is 0.354 e. The van der Waals surface area contributed by atoms with Crippen LogP contribution in [0.5, 0.6) is 11.5 Å². The molecule has 0 aliphatic carbocycles. The van der Waals surface area contributed by atoms with Crippen LogP contribution < -0.4 is 15.6 Å². The van der Waals surface area contributed by atoms with Crippen molar-refractivity contribution >= 4 is 33.7 Å². The van der Waals surface area contributed by atoms with Crippen molar-refractivity contribution < 1.29 is 29.3 Å². The molecule has 2 aromatic carbocycles. The average Bonchev–Trinajstić information content (AvgIpc) is 2.80. The molecule has 0 fully saturated rings. The van der Waals surface area contributed by atoms with Gasteiger partial charge in [-0.05, 0) is 32.0 Å². The van der Waals surface area contributed by atoms with Gasteiger partial charge in [0.15, 0.2) is 16.6 Å². The average molecular weight is 466 g/mol. The Morgan fingerprint density at radius 3 is 1.94 bits per heavy atom. The monoisotopic (exact) mass is 466 g/mol. The first kappa shape index (κ1) is 24.2. The van der Waals surface area contributed by atoms with Crippen molar-refractivity contribution in [3.05, 3.63) is 80.4 Å². The molecule has 10 nitrogen and oxygen atoms in total. The maximum atomic E-state index is 13.1. The number of aromatic nitrogens is 2. The number of nitrogens with one attached hydrogen (secondary N) is 2. The molecule has 4 aromatic rings. The number of carbonyl (C=O) groups excluding carboxylic acids is 2. The quantitative estimate of drug-likeness (QED) is 0.326. The number of H-pyrrole nitrogens is 2. The van der Waals surface area contributed by atoms with Crippen molar-refractivity contribution in [2.75, 3.05) is 13.2 Å². The molecule has 4 N–H and O–H groups in total. The van der Waals surface area contributed by atoms with Crippen LogP contribution in [0.1, 0.15) is 34.8 Å². The molecule has 0 amide bonds. The van der Waals surface area contributed by atoms with Gasteiger partial charge in [0.2, 0.25) is 0 Å². The fourth-order valence-electron chi connectivity index (χ4n) is 3.44. The maximum Gasteiger partial charge on any atom is 0.354 e. The highest BCUT2D eigenvalue weighted by Gasteiger charge is 2.20. The summed E-state index contributed by atoms with van der Waals surface area (Å²) in [4.78, 5) is 56.2. The van der Waals surface area contributed by atoms with Crippen molar-refractivity contribution in [2.45, 2.75) is 13.8 Å². The second kappa shape index (κ2) is 10.0. The van der Waals surface area contributed by atoms with Gasteiger partial charge >= 0.3 is 11.9 Å². The van der Waals surface area contributed by atoms with Crippen LogP contribution in [0.3, 0.4) is 0 Å². The number of ether oxygens (including phenoxy) is 3. The van der Waals surface area contributed by atoms with Crippen LogP contribution in [0.2, 0.25) is 0 Å². The molecule has 34 heavy (non-hydrogen) atoms. The Kier molecular flexibility index (Phi) is 7.12. The minimum atomic E-state index is -0.728. The SMILES string of the molecule is CCOC(=O)c1cc(=O)c2c([nH]1)c(Oc1ccccc1)cc1c(=O)cc(C(=O)OCC)[nH]c12.O. The van der Waals surface area contributed by atoms with Gasteiger partial charge in [-0.2, -0.15) is 0 Å². The molecule has 0 aliphatic rings. The first-order valence-electron chi connectivity index (χ1n) is 10.3. The standard InChI is InChI=1S/C24H20N2O7.H2O/c1-3-31-23(29)15-11-17(27)14-10-19(33-13-8-6-5-7-9-13)22-20(21(14)25-15)18(28)12-16(26-22)24(30)32-4-2;/h5-12H,3-4H2,1-2H3,(H,25,27)(H,26,28);1H2. The largest absolute Gasteiger partial charge is 0.461 e. The number of hydrogen-bond donors (Lipinski definition) is 2. The maximum absolute atomic E-state index is 13.1. The third kappa shape index (κ3) is 4.52. The summed E-state index contributed by atoms with van der Waals surface area (Å²) in [6.07, 6.45) is 0. The van der Waals surface area contributed by atoms with E-state index >= 15 is 0 Å². The van der Waals surface area contributed by atoms with Crippen LogP contribution >= 0.6 is 0 Å². The zero-order chi connectivity index (χ0) is 23.5. The normalized spacial score (nSPS) is 10.5. The predicted octanol–water partition coefficient (Wildman–Crippen LogP) is 2.69. The van der Waals surface area contributed by atoms with E-state index in [1.54, 1.807) is 38.1 Å². The molecule has 176 valence electrons. The minimum Gasteiger partial charge on any atom is -0.461 e. The number of hydrogen-bond acceptors (Lipinski definition) is 7. The summed E-state index contributed by atoms with van der Waals surface area (Å²) in [5, 5.41) is 0.186. The molecule has 0 saturated heterocycles. The van der Waals surface area contributed by atoms with E-state index in [0.29, 0.717) is 5.75 Å². The zero-order valence-corrected chi connectivity index (χ0v) is 18.4. The van der Waals surface area contributed by atoms with Gasteiger partial charge in [0, 0.05) is 12.1 Å². The van der Waals surface area contributed by atoms with E-state index in [0.717, 1.165) is 12.1 Å². The van der Waals surface area contributed by atoms with Crippen LogP contribution in [-0.2, 0) is 9.47 Å². The molecule has 0 atom stereocenters. The number of para-hydroxylation sites is 1. The fourth-order valence-corrected chi connectivity index (χ4v) is 3.44. The second-order valence-corrected chi connectivity index (χ2v) is 7.00. The zero-order valence-electron chi connectivity index (χ0n) is 18.4. The van der Waals surface area contributed by atoms with Crippen LogP contribution in [-0.4, -0.2) is 40.6 Å². The second-order valence-electron chi connectivity index (χ2n) is 7.00. The Hall–Kier alpha value is -4.44. The lowest BCUT2D eigenvalue weighted by Crippen LogP contribution is -2.16. The Balaban J connectivity index is 0.00000324. The number of rotatable bonds is 6. The Bertz CT molecular complexity index is 1490. The summed E-state index contributed by atoms with van der Waals surface area (Å²) in [6, 6.07) is 12.4. The molecule has 2 aromatic heterocycles. The molecule has 0 saturated carbocycles. The number of carbonyl (C=O) groups is 2. The fraction of sp³-hybridized carbons (Fsp3) is 0.167. The number of fused-ring (bicyclic) bond motifs is 3. The Morgan fingerprint density at radius 2 is 1.35 bits per heavy atom. The first-order valence-corrected chi connectivity index (χ1v) is 10.3. The van der Waals surface area contributed by atoms with E-state index in [1.165, 1.54) is 6.07 Å². The topological polar surface area (TPSA) is 159 Å². The molecule has 0 aliphatic heterocycles. The van der Waals surface area contributed by atoms with E-state index in [4.69, 9.17) is 14.2 Å². The molecular weight excluding hydrogens is 444 g/mol. The van der Waals surface area contributed by atoms with Crippen LogP contribution in [0.4, 0.5) is 0 Å². The van der Waals surface area contributed by atoms with Crippen molar-refractivity contribution in [3.8, 4) is 11.5 Å². The number of benzene rings is 2. The summed E-state index contributed by atoms with van der Waals surface area (Å²) >= 11 is 0. The van der Waals surface area contributed by atoms with E-state index in [9.17, 15) is 19.2 Å². The van der Waals surface area contributed by atoms with Crippen LogP contribution in [0, 0.1) is 0 Å². The van der Waals surface area contributed by atoms with Gasteiger partial charge < -0.3 is 29.7 Å². The van der Waals surface area contributed by atoms with Crippen LogP contribution in [0.15, 0.2) is 58.1 Å². The van der Waals surface area contributed by atoms with E-state index in [2.05, 4.69) is 9.97 Å². The van der Waals surface area contributed by atoms with Crippen LogP contribution in [0.25, 0.3) is 21.8 Å². The van der Waals surface area contributed by atoms with Gasteiger partial charge in [-0.3, -0.25) is 9.59 Å². The highest BCUT2D eigenvalue weighted by atomic mass is 16.5. The highest BCUT2D eigenvalue weighted by molar-refractivity contribution is 6.08. The Labute approximate surface area is 192 Å². The summed E-state index contributed by atoms with van der Waals surface area (Å²) in [5.41, 5.74) is -0.944. The number of esters is 2. The van der Waals surface area contributed by atoms with E-state index < -0.39 is 22.8 Å². The van der Waals surface area contributed by atoms with E-state index in [1.807, 2.05) is 6.07 Å². The molecule has 0 unspecified atom stereocenters. The summed E-state index contributed by atoms with van der Waals surface area (Å²) < 4.78 is 15.9. The van der Waals surface area contributed by atoms with E-state index in [-0.39, 0.29) is 57.6 Å². The molecule has 4 rings (SSSR count). The summed E-state index contributed by atoms with van der Waals surface area (Å²) in [7, 11) is 0. The van der Waals surface area contributed by atoms with Gasteiger partial charge in [0.1, 0.15) is 17.1 Å². The lowest BCUT2D eigenvalue weighted by atomic mass is 10.1. The van der Waals surface area contributed by atoms with Gasteiger partial charge in [-0.25, -0.2) is 9.59 Å². The van der Waals surface area contributed by atoms with Gasteiger partial charge in [0.25, 0.3) is 0 Å². The number of pyridine rings is 2. The molecular formula is C24H22N2O8. The molecule has 0 radical (unpaired) electrons. The van der Waals surface area contributed by atoms with Crippen molar-refractivity contribution in [1.82, 2.24) is 9.97 Å². The molecule has 10 heteroatoms. The third-order valence-corrected chi connectivity index (χ3v) is 4.83. The summed E-state index contributed by atoms with van der Waals surface area (Å²) in [6.45, 7) is 3.53. The van der Waals surface area contributed by atoms with Crippen molar-refractivity contribution in [1.29, 1.82) is 0 Å². The van der Waals surface area contributed by atoms with Gasteiger partial charge in [-0.1, -0.05) is 18.2 Å². The highest BCUT2D eigenvalue weighted by Crippen LogP contribution is 2.32. The lowest BCUT2D eigenvalue weighted by Gasteiger charge is -2.13. The van der Waals surface area contributed by atoms with Crippen molar-refractivity contribution in [3.63, 3.8) is 0 Å². The lowest BCUT2D eigenvalue weighted by molar-refractivity contribution is 0.0510. The number of aromatic amines is 2. The molecule has 0 spiro atoms. The predicted molar refractivity (Wildman–Crippen MR) is 125 cm³/mol. The molecule has 0 bridgehead atoms. The minimum absolute atomic E-state index is 0. The molecule has 2 heterocycles.